The number of hydrogen-bond donors (Lipinski definition) is 2. The van der Waals surface area contributed by atoms with Gasteiger partial charge in [0, 0.05) is 16.7 Å². The zero-order valence-corrected chi connectivity index (χ0v) is 13.3. The minimum atomic E-state index is -3.68. The summed E-state index contributed by atoms with van der Waals surface area (Å²) in [5.74, 6) is 0. The van der Waals surface area contributed by atoms with Crippen molar-refractivity contribution in [2.24, 2.45) is 5.14 Å². The maximum absolute atomic E-state index is 11.4. The normalized spacial score (nSPS) is 11.3. The fraction of sp³-hybridized carbons (Fsp3) is 0.143. The Labute approximate surface area is 127 Å². The van der Waals surface area contributed by atoms with Crippen molar-refractivity contribution in [1.29, 1.82) is 0 Å². The van der Waals surface area contributed by atoms with E-state index in [0.29, 0.717) is 6.54 Å². The van der Waals surface area contributed by atoms with E-state index in [1.807, 2.05) is 31.2 Å². The van der Waals surface area contributed by atoms with Crippen molar-refractivity contribution in [2.75, 3.05) is 5.32 Å². The molecule has 2 aromatic rings. The SMILES string of the molecule is Cc1ccc(S(N)(=O)=O)cc1NCc1ccc(Br)cc1. The second-order valence-electron chi connectivity index (χ2n) is 4.50. The first kappa shape index (κ1) is 15.0. The molecule has 0 amide bonds. The van der Waals surface area contributed by atoms with Crippen molar-refractivity contribution in [3.05, 3.63) is 58.1 Å². The maximum Gasteiger partial charge on any atom is 0.238 e. The molecule has 0 atom stereocenters. The van der Waals surface area contributed by atoms with E-state index in [4.69, 9.17) is 5.14 Å². The van der Waals surface area contributed by atoms with Gasteiger partial charge in [-0.25, -0.2) is 13.6 Å². The highest BCUT2D eigenvalue weighted by atomic mass is 79.9. The van der Waals surface area contributed by atoms with Crippen molar-refractivity contribution in [3.63, 3.8) is 0 Å². The van der Waals surface area contributed by atoms with E-state index in [1.165, 1.54) is 6.07 Å². The quantitative estimate of drug-likeness (QED) is 0.886. The number of hydrogen-bond acceptors (Lipinski definition) is 3. The molecule has 20 heavy (non-hydrogen) atoms. The average Bonchev–Trinajstić information content (AvgIpc) is 2.38. The first-order chi connectivity index (χ1) is 9.36. The number of benzene rings is 2. The van der Waals surface area contributed by atoms with E-state index >= 15 is 0 Å². The zero-order chi connectivity index (χ0) is 14.8. The molecule has 3 N–H and O–H groups in total. The highest BCUT2D eigenvalue weighted by molar-refractivity contribution is 9.10. The molecule has 2 rings (SSSR count). The van der Waals surface area contributed by atoms with Crippen molar-refractivity contribution in [2.45, 2.75) is 18.4 Å². The number of anilines is 1. The van der Waals surface area contributed by atoms with Gasteiger partial charge in [-0.2, -0.15) is 0 Å². The molecular formula is C14H15BrN2O2S. The number of nitrogens with one attached hydrogen (secondary N) is 1. The van der Waals surface area contributed by atoms with Crippen LogP contribution in [0.5, 0.6) is 0 Å². The third kappa shape index (κ3) is 3.82. The van der Waals surface area contributed by atoms with Crippen LogP contribution in [0.4, 0.5) is 5.69 Å². The van der Waals surface area contributed by atoms with Crippen LogP contribution >= 0.6 is 15.9 Å². The van der Waals surface area contributed by atoms with Gasteiger partial charge in [-0.15, -0.1) is 0 Å². The predicted molar refractivity (Wildman–Crippen MR) is 84.0 cm³/mol. The van der Waals surface area contributed by atoms with Crippen LogP contribution in [0.2, 0.25) is 0 Å². The fourth-order valence-corrected chi connectivity index (χ4v) is 2.57. The minimum Gasteiger partial charge on any atom is -0.381 e. The minimum absolute atomic E-state index is 0.112. The van der Waals surface area contributed by atoms with Crippen LogP contribution in [-0.4, -0.2) is 8.42 Å². The van der Waals surface area contributed by atoms with Gasteiger partial charge in [0.2, 0.25) is 10.0 Å². The van der Waals surface area contributed by atoms with Gasteiger partial charge >= 0.3 is 0 Å². The second kappa shape index (κ2) is 5.95. The molecule has 0 bridgehead atoms. The van der Waals surface area contributed by atoms with Crippen molar-refractivity contribution in [3.8, 4) is 0 Å². The Morgan fingerprint density at radius 3 is 2.40 bits per heavy atom. The lowest BCUT2D eigenvalue weighted by Gasteiger charge is -2.11. The van der Waals surface area contributed by atoms with Gasteiger partial charge in [-0.05, 0) is 42.3 Å². The van der Waals surface area contributed by atoms with E-state index in [-0.39, 0.29) is 4.90 Å². The van der Waals surface area contributed by atoms with E-state index in [1.54, 1.807) is 12.1 Å². The second-order valence-corrected chi connectivity index (χ2v) is 6.98. The summed E-state index contributed by atoms with van der Waals surface area (Å²) in [5, 5.41) is 8.36. The first-order valence-electron chi connectivity index (χ1n) is 5.98. The Morgan fingerprint density at radius 1 is 1.15 bits per heavy atom. The van der Waals surface area contributed by atoms with Crippen molar-refractivity contribution in [1.82, 2.24) is 0 Å². The van der Waals surface area contributed by atoms with Gasteiger partial charge in [0.05, 0.1) is 4.90 Å². The molecule has 0 aliphatic heterocycles. The third-order valence-electron chi connectivity index (χ3n) is 2.93. The van der Waals surface area contributed by atoms with Crippen LogP contribution in [0.1, 0.15) is 11.1 Å². The number of nitrogens with two attached hydrogens (primary N) is 1. The molecule has 0 fully saturated rings. The predicted octanol–water partition coefficient (Wildman–Crippen LogP) is 3.02. The number of halogens is 1. The molecule has 6 heteroatoms. The number of primary sulfonamides is 1. The smallest absolute Gasteiger partial charge is 0.238 e. The molecular weight excluding hydrogens is 340 g/mol. The Bertz CT molecular complexity index is 712. The van der Waals surface area contributed by atoms with Gasteiger partial charge in [-0.3, -0.25) is 0 Å². The Kier molecular flexibility index (Phi) is 4.47. The molecule has 0 radical (unpaired) electrons. The lowest BCUT2D eigenvalue weighted by Crippen LogP contribution is -2.13. The molecule has 0 aromatic heterocycles. The average molecular weight is 355 g/mol. The summed E-state index contributed by atoms with van der Waals surface area (Å²) < 4.78 is 23.7. The number of sulfonamides is 1. The molecule has 0 spiro atoms. The van der Waals surface area contributed by atoms with Gasteiger partial charge in [-0.1, -0.05) is 34.1 Å². The molecule has 0 unspecified atom stereocenters. The number of rotatable bonds is 4. The molecule has 0 saturated heterocycles. The topological polar surface area (TPSA) is 72.2 Å². The summed E-state index contributed by atoms with van der Waals surface area (Å²) in [5.41, 5.74) is 2.84. The molecule has 0 saturated carbocycles. The fourth-order valence-electron chi connectivity index (χ4n) is 1.77. The van der Waals surface area contributed by atoms with Gasteiger partial charge in [0.1, 0.15) is 0 Å². The van der Waals surface area contributed by atoms with Crippen LogP contribution in [0.25, 0.3) is 0 Å². The summed E-state index contributed by atoms with van der Waals surface area (Å²) in [6, 6.07) is 12.7. The highest BCUT2D eigenvalue weighted by Crippen LogP contribution is 2.20. The lowest BCUT2D eigenvalue weighted by molar-refractivity contribution is 0.598. The van der Waals surface area contributed by atoms with Crippen LogP contribution in [0.3, 0.4) is 0 Å². The van der Waals surface area contributed by atoms with Gasteiger partial charge in [0.15, 0.2) is 0 Å². The highest BCUT2D eigenvalue weighted by Gasteiger charge is 2.09. The van der Waals surface area contributed by atoms with Gasteiger partial charge < -0.3 is 5.32 Å². The summed E-state index contributed by atoms with van der Waals surface area (Å²) >= 11 is 3.38. The van der Waals surface area contributed by atoms with E-state index < -0.39 is 10.0 Å². The molecule has 4 nitrogen and oxygen atoms in total. The summed E-state index contributed by atoms with van der Waals surface area (Å²) in [7, 11) is -3.68. The zero-order valence-electron chi connectivity index (χ0n) is 10.9. The van der Waals surface area contributed by atoms with Crippen molar-refractivity contribution < 1.29 is 8.42 Å². The summed E-state index contributed by atoms with van der Waals surface area (Å²) in [6.07, 6.45) is 0. The molecule has 2 aromatic carbocycles. The molecule has 0 aliphatic rings. The summed E-state index contributed by atoms with van der Waals surface area (Å²) in [4.78, 5) is 0.112. The standard InChI is InChI=1S/C14H15BrN2O2S/c1-10-2-7-13(20(16,18)19)8-14(10)17-9-11-3-5-12(15)6-4-11/h2-8,17H,9H2,1H3,(H2,16,18,19). The Balaban J connectivity index is 2.19. The molecule has 106 valence electrons. The van der Waals surface area contributed by atoms with Crippen LogP contribution < -0.4 is 10.5 Å². The van der Waals surface area contributed by atoms with Crippen LogP contribution in [0, 0.1) is 6.92 Å². The lowest BCUT2D eigenvalue weighted by atomic mass is 10.2. The first-order valence-corrected chi connectivity index (χ1v) is 8.32. The molecule has 0 heterocycles. The van der Waals surface area contributed by atoms with E-state index in [0.717, 1.165) is 21.3 Å². The van der Waals surface area contributed by atoms with E-state index in [9.17, 15) is 8.42 Å². The van der Waals surface area contributed by atoms with Gasteiger partial charge in [0.25, 0.3) is 0 Å². The largest absolute Gasteiger partial charge is 0.381 e. The van der Waals surface area contributed by atoms with E-state index in [2.05, 4.69) is 21.2 Å². The summed E-state index contributed by atoms with van der Waals surface area (Å²) in [6.45, 7) is 2.53. The number of aryl methyl sites for hydroxylation is 1. The molecule has 0 aliphatic carbocycles. The Hall–Kier alpha value is -1.37. The Morgan fingerprint density at radius 2 is 1.80 bits per heavy atom. The van der Waals surface area contributed by atoms with Crippen molar-refractivity contribution >= 4 is 31.6 Å². The third-order valence-corrected chi connectivity index (χ3v) is 4.37. The monoisotopic (exact) mass is 354 g/mol. The van der Waals surface area contributed by atoms with Crippen LogP contribution in [0.15, 0.2) is 51.8 Å². The van der Waals surface area contributed by atoms with Crippen LogP contribution in [-0.2, 0) is 16.6 Å². The maximum atomic E-state index is 11.4.